The van der Waals surface area contributed by atoms with Crippen LogP contribution in [0, 0.1) is 13.8 Å². The number of rotatable bonds is 5. The molecule has 118 valence electrons. The summed E-state index contributed by atoms with van der Waals surface area (Å²) in [5.74, 6) is 0.977. The summed E-state index contributed by atoms with van der Waals surface area (Å²) >= 11 is 0. The van der Waals surface area contributed by atoms with Crippen LogP contribution in [0.4, 0.5) is 0 Å². The number of nitrogens with zero attached hydrogens (tertiary/aromatic N) is 1. The van der Waals surface area contributed by atoms with Crippen molar-refractivity contribution in [3.8, 4) is 5.75 Å². The van der Waals surface area contributed by atoms with E-state index in [0.29, 0.717) is 6.04 Å². The summed E-state index contributed by atoms with van der Waals surface area (Å²) in [4.78, 5) is 2.62. The summed E-state index contributed by atoms with van der Waals surface area (Å²) in [7, 11) is 3.81. The first kappa shape index (κ1) is 16.3. The summed E-state index contributed by atoms with van der Waals surface area (Å²) in [6.07, 6.45) is 2.64. The molecule has 1 aliphatic rings. The number of likely N-dealkylation sites (tertiary alicyclic amines) is 1. The zero-order chi connectivity index (χ0) is 15.6. The second-order valence-corrected chi connectivity index (χ2v) is 6.75. The van der Waals surface area contributed by atoms with E-state index in [1.165, 1.54) is 42.6 Å². The topological polar surface area (TPSA) is 24.5 Å². The number of likely N-dealkylation sites (N-methyl/N-ethyl adjacent to an activating group) is 1. The van der Waals surface area contributed by atoms with Crippen LogP contribution < -0.4 is 10.1 Å². The van der Waals surface area contributed by atoms with Crippen molar-refractivity contribution in [1.82, 2.24) is 10.2 Å². The van der Waals surface area contributed by atoms with Crippen LogP contribution in [-0.4, -0.2) is 37.7 Å². The Bertz CT molecular complexity index is 490. The molecule has 0 spiro atoms. The molecule has 1 N–H and O–H groups in total. The molecule has 1 aromatic rings. The van der Waals surface area contributed by atoms with E-state index in [9.17, 15) is 0 Å². The Morgan fingerprint density at radius 1 is 1.14 bits per heavy atom. The second kappa shape index (κ2) is 6.37. The molecule has 0 amide bonds. The maximum absolute atomic E-state index is 5.45. The number of hydrogen-bond donors (Lipinski definition) is 1. The number of aryl methyl sites for hydroxylation is 2. The lowest BCUT2D eigenvalue weighted by Gasteiger charge is -2.43. The van der Waals surface area contributed by atoms with E-state index in [0.717, 1.165) is 5.75 Å². The average molecular weight is 290 g/mol. The average Bonchev–Trinajstić information content (AvgIpc) is 2.97. The van der Waals surface area contributed by atoms with Gasteiger partial charge in [-0.05, 0) is 83.4 Å². The Balaban J connectivity index is 2.39. The third-order valence-electron chi connectivity index (χ3n) is 5.01. The number of ether oxygens (including phenoxy) is 1. The molecule has 1 aliphatic heterocycles. The van der Waals surface area contributed by atoms with Crippen LogP contribution in [0.1, 0.15) is 49.4 Å². The van der Waals surface area contributed by atoms with Crippen LogP contribution in [-0.2, 0) is 0 Å². The molecule has 1 fully saturated rings. The minimum absolute atomic E-state index is 0.108. The highest BCUT2D eigenvalue weighted by Gasteiger charge is 2.37. The van der Waals surface area contributed by atoms with Gasteiger partial charge in [-0.2, -0.15) is 0 Å². The molecule has 21 heavy (non-hydrogen) atoms. The number of hydrogen-bond acceptors (Lipinski definition) is 3. The minimum atomic E-state index is 0.108. The quantitative estimate of drug-likeness (QED) is 0.899. The van der Waals surface area contributed by atoms with E-state index in [2.05, 4.69) is 57.1 Å². The molecule has 3 nitrogen and oxygen atoms in total. The zero-order valence-electron chi connectivity index (χ0n) is 14.4. The van der Waals surface area contributed by atoms with Gasteiger partial charge in [-0.15, -0.1) is 0 Å². The Hall–Kier alpha value is -1.06. The van der Waals surface area contributed by atoms with E-state index < -0.39 is 0 Å². The van der Waals surface area contributed by atoms with Crippen molar-refractivity contribution < 1.29 is 4.74 Å². The van der Waals surface area contributed by atoms with E-state index >= 15 is 0 Å². The Morgan fingerprint density at radius 2 is 1.76 bits per heavy atom. The van der Waals surface area contributed by atoms with Crippen molar-refractivity contribution in [1.29, 1.82) is 0 Å². The largest absolute Gasteiger partial charge is 0.496 e. The molecule has 1 unspecified atom stereocenters. The third kappa shape index (κ3) is 3.09. The molecule has 1 heterocycles. The molecule has 0 aliphatic carbocycles. The van der Waals surface area contributed by atoms with Crippen LogP contribution in [0.2, 0.25) is 0 Å². The lowest BCUT2D eigenvalue weighted by Crippen LogP contribution is -2.51. The molecule has 1 aromatic carbocycles. The van der Waals surface area contributed by atoms with E-state index in [-0.39, 0.29) is 5.54 Å². The van der Waals surface area contributed by atoms with Gasteiger partial charge in [0, 0.05) is 5.54 Å². The van der Waals surface area contributed by atoms with Gasteiger partial charge in [0.05, 0.1) is 13.2 Å². The van der Waals surface area contributed by atoms with Crippen LogP contribution >= 0.6 is 0 Å². The van der Waals surface area contributed by atoms with E-state index in [1.54, 1.807) is 7.11 Å². The molecule has 1 atom stereocenters. The van der Waals surface area contributed by atoms with Crippen LogP contribution in [0.5, 0.6) is 5.75 Å². The number of methoxy groups -OCH3 is 1. The van der Waals surface area contributed by atoms with Gasteiger partial charge in [0.15, 0.2) is 0 Å². The minimum Gasteiger partial charge on any atom is -0.496 e. The maximum Gasteiger partial charge on any atom is 0.122 e. The molecule has 3 heteroatoms. The van der Waals surface area contributed by atoms with Crippen molar-refractivity contribution in [2.75, 3.05) is 27.2 Å². The molecule has 0 aromatic heterocycles. The van der Waals surface area contributed by atoms with Crippen molar-refractivity contribution in [2.24, 2.45) is 0 Å². The van der Waals surface area contributed by atoms with Gasteiger partial charge < -0.3 is 10.1 Å². The van der Waals surface area contributed by atoms with Crippen LogP contribution in [0.25, 0.3) is 0 Å². The third-order valence-corrected chi connectivity index (χ3v) is 5.01. The van der Waals surface area contributed by atoms with E-state index in [4.69, 9.17) is 4.74 Å². The van der Waals surface area contributed by atoms with Crippen molar-refractivity contribution in [2.45, 2.75) is 52.1 Å². The van der Waals surface area contributed by atoms with Gasteiger partial charge >= 0.3 is 0 Å². The smallest absolute Gasteiger partial charge is 0.122 e. The van der Waals surface area contributed by atoms with Gasteiger partial charge in [-0.1, -0.05) is 6.07 Å². The summed E-state index contributed by atoms with van der Waals surface area (Å²) < 4.78 is 5.45. The summed E-state index contributed by atoms with van der Waals surface area (Å²) in [5.41, 5.74) is 3.99. The lowest BCUT2D eigenvalue weighted by atomic mass is 9.84. The summed E-state index contributed by atoms with van der Waals surface area (Å²) in [5, 5.41) is 3.56. The second-order valence-electron chi connectivity index (χ2n) is 6.75. The molecule has 0 saturated carbocycles. The van der Waals surface area contributed by atoms with Crippen LogP contribution in [0.3, 0.4) is 0 Å². The van der Waals surface area contributed by atoms with Gasteiger partial charge in [-0.25, -0.2) is 0 Å². The lowest BCUT2D eigenvalue weighted by molar-refractivity contribution is 0.110. The fourth-order valence-electron chi connectivity index (χ4n) is 3.71. The summed E-state index contributed by atoms with van der Waals surface area (Å²) in [6, 6.07) is 4.77. The highest BCUT2D eigenvalue weighted by Crippen LogP contribution is 2.36. The van der Waals surface area contributed by atoms with Gasteiger partial charge in [-0.3, -0.25) is 4.90 Å². The fourth-order valence-corrected chi connectivity index (χ4v) is 3.71. The predicted molar refractivity (Wildman–Crippen MR) is 89.2 cm³/mol. The van der Waals surface area contributed by atoms with Crippen molar-refractivity contribution >= 4 is 0 Å². The monoisotopic (exact) mass is 290 g/mol. The molecule has 1 saturated heterocycles. The SMILES string of the molecule is CNC(c1cc(C)c(OC)cc1C)C(C)(C)N1CCCC1. The van der Waals surface area contributed by atoms with Gasteiger partial charge in [0.1, 0.15) is 5.75 Å². The molecular weight excluding hydrogens is 260 g/mol. The van der Waals surface area contributed by atoms with E-state index in [1.807, 2.05) is 0 Å². The first-order chi connectivity index (χ1) is 9.91. The Morgan fingerprint density at radius 3 is 2.29 bits per heavy atom. The van der Waals surface area contributed by atoms with Gasteiger partial charge in [0.25, 0.3) is 0 Å². The molecular formula is C18H30N2O. The van der Waals surface area contributed by atoms with Crippen molar-refractivity contribution in [3.63, 3.8) is 0 Å². The van der Waals surface area contributed by atoms with Crippen molar-refractivity contribution in [3.05, 3.63) is 28.8 Å². The molecule has 0 bridgehead atoms. The maximum atomic E-state index is 5.45. The van der Waals surface area contributed by atoms with Gasteiger partial charge in [0.2, 0.25) is 0 Å². The highest BCUT2D eigenvalue weighted by atomic mass is 16.5. The Kier molecular flexibility index (Phi) is 4.95. The molecule has 2 rings (SSSR count). The normalized spacial score (nSPS) is 18.0. The first-order valence-electron chi connectivity index (χ1n) is 7.99. The first-order valence-corrected chi connectivity index (χ1v) is 7.99. The summed E-state index contributed by atoms with van der Waals surface area (Å²) in [6.45, 7) is 11.4. The standard InChI is InChI=1S/C18H30N2O/c1-13-12-16(21-6)14(2)11-15(13)17(19-5)18(3,4)20-9-7-8-10-20/h11-12,17,19H,7-10H2,1-6H3. The number of nitrogens with one attached hydrogen (secondary N) is 1. The van der Waals surface area contributed by atoms with Crippen LogP contribution in [0.15, 0.2) is 12.1 Å². The molecule has 0 radical (unpaired) electrons. The predicted octanol–water partition coefficient (Wildman–Crippen LogP) is 3.45. The zero-order valence-corrected chi connectivity index (χ0v) is 14.4. The Labute approximate surface area is 129 Å². The highest BCUT2D eigenvalue weighted by molar-refractivity contribution is 5.43. The fraction of sp³-hybridized carbons (Fsp3) is 0.667. The number of benzene rings is 1.